The Labute approximate surface area is 193 Å². The highest BCUT2D eigenvalue weighted by molar-refractivity contribution is 7.80. The fraction of sp³-hybridized carbons (Fsp3) is 0.320. The molecule has 1 saturated carbocycles. The molecule has 7 heteroatoms. The Morgan fingerprint density at radius 3 is 2.62 bits per heavy atom. The molecule has 5 rings (SSSR count). The highest BCUT2D eigenvalue weighted by Gasteiger charge is 2.44. The van der Waals surface area contributed by atoms with Gasteiger partial charge >= 0.3 is 5.97 Å². The van der Waals surface area contributed by atoms with Crippen LogP contribution in [-0.2, 0) is 4.74 Å². The monoisotopic (exact) mass is 446 g/mol. The molecule has 2 aliphatic rings. The molecule has 2 atom stereocenters. The predicted molar refractivity (Wildman–Crippen MR) is 127 cm³/mol. The molecule has 1 aliphatic heterocycles. The third kappa shape index (κ3) is 3.56. The molecule has 6 nitrogen and oxygen atoms in total. The summed E-state index contributed by atoms with van der Waals surface area (Å²) in [5.41, 5.74) is 3.34. The lowest BCUT2D eigenvalue weighted by Gasteiger charge is -2.33. The van der Waals surface area contributed by atoms with Crippen LogP contribution in [0, 0.1) is 0 Å². The van der Waals surface area contributed by atoms with Gasteiger partial charge in [0.15, 0.2) is 5.11 Å². The standard InChI is InChI=1S/C25H26N4O2S/c1-31-24(30)18-11-4-5-13-20(18)28-16-8-14-21(28)23-22(19-12-6-7-15-26-19)27-25(32)29(23)17-9-2-3-10-17/h4-8,11-17,22-23H,2-3,9-10H2,1H3,(H,27,32). The zero-order valence-corrected chi connectivity index (χ0v) is 18.8. The summed E-state index contributed by atoms with van der Waals surface area (Å²) in [6, 6.07) is 17.9. The maximum atomic E-state index is 12.5. The maximum absolute atomic E-state index is 12.5. The quantitative estimate of drug-likeness (QED) is 0.458. The van der Waals surface area contributed by atoms with Gasteiger partial charge in [0, 0.05) is 24.1 Å². The van der Waals surface area contributed by atoms with Crippen molar-refractivity contribution in [2.45, 2.75) is 43.8 Å². The first kappa shape index (κ1) is 20.7. The smallest absolute Gasteiger partial charge is 0.339 e. The number of nitrogens with zero attached hydrogens (tertiary/aromatic N) is 3. The highest BCUT2D eigenvalue weighted by atomic mass is 32.1. The summed E-state index contributed by atoms with van der Waals surface area (Å²) in [6.07, 6.45) is 8.52. The zero-order valence-electron chi connectivity index (χ0n) is 18.0. The van der Waals surface area contributed by atoms with Gasteiger partial charge in [-0.15, -0.1) is 0 Å². The summed E-state index contributed by atoms with van der Waals surface area (Å²) in [5.74, 6) is -0.353. The van der Waals surface area contributed by atoms with Crippen LogP contribution in [0.5, 0.6) is 0 Å². The summed E-state index contributed by atoms with van der Waals surface area (Å²) in [5, 5.41) is 4.32. The first-order valence-corrected chi connectivity index (χ1v) is 11.4. The molecule has 3 aromatic rings. The van der Waals surface area contributed by atoms with Gasteiger partial charge in [-0.3, -0.25) is 4.98 Å². The largest absolute Gasteiger partial charge is 0.465 e. The summed E-state index contributed by atoms with van der Waals surface area (Å²) in [4.78, 5) is 19.5. The van der Waals surface area contributed by atoms with Crippen molar-refractivity contribution in [1.29, 1.82) is 0 Å². The lowest BCUT2D eigenvalue weighted by molar-refractivity contribution is 0.0600. The second kappa shape index (κ2) is 8.74. The number of para-hydroxylation sites is 1. The van der Waals surface area contributed by atoms with Gasteiger partial charge in [0.1, 0.15) is 0 Å². The van der Waals surface area contributed by atoms with Gasteiger partial charge in [-0.05, 0) is 61.5 Å². The first-order valence-electron chi connectivity index (χ1n) is 11.0. The average molecular weight is 447 g/mol. The van der Waals surface area contributed by atoms with Crippen molar-refractivity contribution in [2.24, 2.45) is 0 Å². The van der Waals surface area contributed by atoms with E-state index >= 15 is 0 Å². The summed E-state index contributed by atoms with van der Waals surface area (Å²) in [6.45, 7) is 0. The van der Waals surface area contributed by atoms with Crippen molar-refractivity contribution in [3.05, 3.63) is 83.9 Å². The summed E-state index contributed by atoms with van der Waals surface area (Å²) >= 11 is 5.85. The summed E-state index contributed by atoms with van der Waals surface area (Å²) in [7, 11) is 1.41. The van der Waals surface area contributed by atoms with E-state index in [-0.39, 0.29) is 18.1 Å². The lowest BCUT2D eigenvalue weighted by Crippen LogP contribution is -2.38. The number of carbonyl (C=O) groups excluding carboxylic acids is 1. The number of benzene rings is 1. The number of pyridine rings is 1. The van der Waals surface area contributed by atoms with E-state index in [9.17, 15) is 4.79 Å². The van der Waals surface area contributed by atoms with Crippen LogP contribution in [0.15, 0.2) is 67.0 Å². The van der Waals surface area contributed by atoms with Crippen LogP contribution in [-0.4, -0.2) is 38.7 Å². The molecule has 1 aliphatic carbocycles. The fourth-order valence-electron chi connectivity index (χ4n) is 5.08. The van der Waals surface area contributed by atoms with Gasteiger partial charge in [-0.25, -0.2) is 4.79 Å². The van der Waals surface area contributed by atoms with Gasteiger partial charge < -0.3 is 19.5 Å². The predicted octanol–water partition coefficient (Wildman–Crippen LogP) is 4.57. The van der Waals surface area contributed by atoms with Crippen molar-refractivity contribution in [1.82, 2.24) is 19.8 Å². The van der Waals surface area contributed by atoms with Crippen LogP contribution in [0.3, 0.4) is 0 Å². The Bertz CT molecular complexity index is 1120. The van der Waals surface area contributed by atoms with Crippen molar-refractivity contribution >= 4 is 23.3 Å². The van der Waals surface area contributed by atoms with Crippen molar-refractivity contribution in [3.63, 3.8) is 0 Å². The number of aromatic nitrogens is 2. The third-order valence-electron chi connectivity index (χ3n) is 6.51. The van der Waals surface area contributed by atoms with Crippen LogP contribution >= 0.6 is 12.2 Å². The van der Waals surface area contributed by atoms with Crippen LogP contribution in [0.1, 0.15) is 59.5 Å². The van der Waals surface area contributed by atoms with E-state index in [1.54, 1.807) is 6.07 Å². The zero-order chi connectivity index (χ0) is 22.1. The molecular weight excluding hydrogens is 420 g/mol. The van der Waals surface area contributed by atoms with E-state index in [4.69, 9.17) is 17.0 Å². The second-order valence-electron chi connectivity index (χ2n) is 8.28. The first-order chi connectivity index (χ1) is 15.7. The van der Waals surface area contributed by atoms with Gasteiger partial charge in [0.25, 0.3) is 0 Å². The third-order valence-corrected chi connectivity index (χ3v) is 6.83. The molecule has 3 heterocycles. The van der Waals surface area contributed by atoms with Crippen molar-refractivity contribution in [3.8, 4) is 5.69 Å². The van der Waals surface area contributed by atoms with Gasteiger partial charge in [-0.2, -0.15) is 0 Å². The number of hydrogen-bond donors (Lipinski definition) is 1. The number of ether oxygens (including phenoxy) is 1. The maximum Gasteiger partial charge on any atom is 0.339 e. The van der Waals surface area contributed by atoms with Crippen molar-refractivity contribution in [2.75, 3.05) is 7.11 Å². The highest BCUT2D eigenvalue weighted by Crippen LogP contribution is 2.43. The summed E-state index contributed by atoms with van der Waals surface area (Å²) < 4.78 is 7.13. The molecule has 0 amide bonds. The van der Waals surface area contributed by atoms with Crippen LogP contribution in [0.25, 0.3) is 5.69 Å². The van der Waals surface area contributed by atoms with E-state index in [1.165, 1.54) is 20.0 Å². The molecule has 0 spiro atoms. The SMILES string of the molecule is COC(=O)c1ccccc1-n1cccc1C1C(c2ccccn2)NC(=S)N1C1CCCC1. The molecule has 32 heavy (non-hydrogen) atoms. The number of methoxy groups -OCH3 is 1. The van der Waals surface area contributed by atoms with Crippen LogP contribution < -0.4 is 5.32 Å². The fourth-order valence-corrected chi connectivity index (χ4v) is 5.47. The van der Waals surface area contributed by atoms with E-state index in [2.05, 4.69) is 25.8 Å². The number of hydrogen-bond acceptors (Lipinski definition) is 4. The number of nitrogens with one attached hydrogen (secondary N) is 1. The van der Waals surface area contributed by atoms with E-state index in [0.717, 1.165) is 35.0 Å². The topological polar surface area (TPSA) is 59.4 Å². The molecule has 1 saturated heterocycles. The molecule has 2 aromatic heterocycles. The minimum absolute atomic E-state index is 0.0406. The molecule has 0 bridgehead atoms. The second-order valence-corrected chi connectivity index (χ2v) is 8.67. The molecule has 164 valence electrons. The normalized spacial score (nSPS) is 21.0. The lowest BCUT2D eigenvalue weighted by atomic mass is 9.99. The Hall–Kier alpha value is -3.19. The number of thiocarbonyl (C=S) groups is 1. The molecular formula is C25H26N4O2S. The molecule has 0 radical (unpaired) electrons. The number of esters is 1. The minimum atomic E-state index is -0.353. The number of rotatable bonds is 5. The Morgan fingerprint density at radius 1 is 1.09 bits per heavy atom. The van der Waals surface area contributed by atoms with Gasteiger partial charge in [0.2, 0.25) is 0 Å². The molecule has 1 N–H and O–H groups in total. The number of carbonyl (C=O) groups is 1. The van der Waals surface area contributed by atoms with E-state index in [0.29, 0.717) is 11.6 Å². The molecule has 1 aromatic carbocycles. The minimum Gasteiger partial charge on any atom is -0.465 e. The van der Waals surface area contributed by atoms with Crippen LogP contribution in [0.2, 0.25) is 0 Å². The molecule has 2 fully saturated rings. The Kier molecular flexibility index (Phi) is 5.66. The van der Waals surface area contributed by atoms with Crippen LogP contribution in [0.4, 0.5) is 0 Å². The van der Waals surface area contributed by atoms with Gasteiger partial charge in [0.05, 0.1) is 36.1 Å². The Morgan fingerprint density at radius 2 is 1.88 bits per heavy atom. The van der Waals surface area contributed by atoms with Crippen molar-refractivity contribution < 1.29 is 9.53 Å². The average Bonchev–Trinajstić information content (AvgIpc) is 3.58. The molecule has 2 unspecified atom stereocenters. The van der Waals surface area contributed by atoms with E-state index in [1.807, 2.05) is 54.9 Å². The Balaban J connectivity index is 1.64. The van der Waals surface area contributed by atoms with E-state index < -0.39 is 0 Å². The van der Waals surface area contributed by atoms with Gasteiger partial charge in [-0.1, -0.05) is 31.0 Å².